The van der Waals surface area contributed by atoms with Gasteiger partial charge in [0.05, 0.1) is 6.26 Å². The number of aryl methyl sites for hydroxylation is 2. The van der Waals surface area contributed by atoms with Crippen molar-refractivity contribution in [2.75, 3.05) is 24.3 Å². The van der Waals surface area contributed by atoms with E-state index in [-0.39, 0.29) is 0 Å². The summed E-state index contributed by atoms with van der Waals surface area (Å²) in [5.74, 6) is 1.05. The molecule has 2 aromatic rings. The molecule has 0 fully saturated rings. The van der Waals surface area contributed by atoms with Gasteiger partial charge in [-0.15, -0.1) is 0 Å². The fraction of sp³-hybridized carbons (Fsp3) is 0.412. The van der Waals surface area contributed by atoms with E-state index in [4.69, 9.17) is 4.42 Å². The second kappa shape index (κ2) is 6.51. The third-order valence-electron chi connectivity index (χ3n) is 3.51. The van der Waals surface area contributed by atoms with Gasteiger partial charge in [-0.3, -0.25) is 0 Å². The number of rotatable bonds is 6. The maximum absolute atomic E-state index is 5.37. The van der Waals surface area contributed by atoms with Crippen LogP contribution in [0, 0.1) is 6.92 Å². The second-order valence-corrected chi connectivity index (χ2v) is 5.56. The smallest absolute Gasteiger partial charge is 0.103 e. The average molecular weight is 272 g/mol. The van der Waals surface area contributed by atoms with E-state index in [9.17, 15) is 0 Å². The van der Waals surface area contributed by atoms with E-state index in [1.54, 1.807) is 6.26 Å². The molecule has 0 saturated carbocycles. The normalized spacial score (nSPS) is 12.2. The number of benzene rings is 1. The number of nitrogens with zero attached hydrogens (tertiary/aromatic N) is 1. The molecule has 1 atom stereocenters. The summed E-state index contributed by atoms with van der Waals surface area (Å²) in [5.41, 5.74) is 3.73. The van der Waals surface area contributed by atoms with E-state index in [0.717, 1.165) is 18.6 Å². The van der Waals surface area contributed by atoms with E-state index in [1.165, 1.54) is 16.9 Å². The molecule has 0 amide bonds. The Morgan fingerprint density at radius 3 is 2.70 bits per heavy atom. The van der Waals surface area contributed by atoms with Crippen LogP contribution in [0.15, 0.2) is 41.0 Å². The Hall–Kier alpha value is -1.90. The molecule has 0 aliphatic carbocycles. The monoisotopic (exact) mass is 272 g/mol. The zero-order valence-electron chi connectivity index (χ0n) is 12.8. The van der Waals surface area contributed by atoms with Crippen molar-refractivity contribution >= 4 is 11.4 Å². The summed E-state index contributed by atoms with van der Waals surface area (Å²) < 4.78 is 5.37. The third kappa shape index (κ3) is 3.80. The van der Waals surface area contributed by atoms with Crippen molar-refractivity contribution in [2.45, 2.75) is 32.7 Å². The molecule has 20 heavy (non-hydrogen) atoms. The van der Waals surface area contributed by atoms with Crippen LogP contribution < -0.4 is 10.2 Å². The summed E-state index contributed by atoms with van der Waals surface area (Å²) in [7, 11) is 4.15. The fourth-order valence-corrected chi connectivity index (χ4v) is 2.35. The second-order valence-electron chi connectivity index (χ2n) is 5.56. The Labute approximate surface area is 121 Å². The predicted octanol–water partition coefficient (Wildman–Crippen LogP) is 4.09. The molecular formula is C17H24N2O. The number of furan rings is 1. The number of hydrogen-bond donors (Lipinski definition) is 1. The summed E-state index contributed by atoms with van der Waals surface area (Å²) in [5, 5.41) is 3.56. The minimum absolute atomic E-state index is 0.415. The highest BCUT2D eigenvalue weighted by molar-refractivity contribution is 5.62. The van der Waals surface area contributed by atoms with Crippen LogP contribution in [0.1, 0.15) is 24.7 Å². The van der Waals surface area contributed by atoms with Gasteiger partial charge in [0, 0.05) is 37.9 Å². The highest BCUT2D eigenvalue weighted by Crippen LogP contribution is 2.23. The topological polar surface area (TPSA) is 28.4 Å². The lowest BCUT2D eigenvalue weighted by atomic mass is 10.1. The average Bonchev–Trinajstić information content (AvgIpc) is 2.91. The predicted molar refractivity (Wildman–Crippen MR) is 85.6 cm³/mol. The van der Waals surface area contributed by atoms with Crippen molar-refractivity contribution in [3.8, 4) is 0 Å². The molecule has 108 valence electrons. The fourth-order valence-electron chi connectivity index (χ4n) is 2.35. The van der Waals surface area contributed by atoms with Crippen molar-refractivity contribution in [3.05, 3.63) is 47.9 Å². The highest BCUT2D eigenvalue weighted by atomic mass is 16.3. The first-order valence-electron chi connectivity index (χ1n) is 7.13. The number of anilines is 2. The minimum atomic E-state index is 0.415. The molecule has 0 saturated heterocycles. The summed E-state index contributed by atoms with van der Waals surface area (Å²) in [6.07, 6.45) is 3.75. The van der Waals surface area contributed by atoms with Crippen LogP contribution in [0.5, 0.6) is 0 Å². The molecule has 1 aromatic carbocycles. The van der Waals surface area contributed by atoms with Gasteiger partial charge >= 0.3 is 0 Å². The van der Waals surface area contributed by atoms with Crippen LogP contribution in [0.4, 0.5) is 11.4 Å². The zero-order chi connectivity index (χ0) is 14.5. The molecular weight excluding hydrogens is 248 g/mol. The molecule has 0 aliphatic heterocycles. The molecule has 3 heteroatoms. The van der Waals surface area contributed by atoms with Gasteiger partial charge in [-0.2, -0.15) is 0 Å². The summed E-state index contributed by atoms with van der Waals surface area (Å²) in [4.78, 5) is 2.15. The lowest BCUT2D eigenvalue weighted by Gasteiger charge is -2.20. The Morgan fingerprint density at radius 1 is 1.25 bits per heavy atom. The standard InChI is InChI=1S/C17H24N2O/c1-13-7-9-15(12-17(13)19(3)4)18-14(2)8-10-16-6-5-11-20-16/h5-7,9,11-12,14,18H,8,10H2,1-4H3. The van der Waals surface area contributed by atoms with Gasteiger partial charge in [0.25, 0.3) is 0 Å². The van der Waals surface area contributed by atoms with Crippen LogP contribution in [-0.2, 0) is 6.42 Å². The van der Waals surface area contributed by atoms with Crippen LogP contribution in [0.25, 0.3) is 0 Å². The molecule has 2 rings (SSSR count). The van der Waals surface area contributed by atoms with Gasteiger partial charge in [-0.1, -0.05) is 6.07 Å². The van der Waals surface area contributed by atoms with Gasteiger partial charge in [0.1, 0.15) is 5.76 Å². The summed E-state index contributed by atoms with van der Waals surface area (Å²) >= 11 is 0. The van der Waals surface area contributed by atoms with Crippen LogP contribution >= 0.6 is 0 Å². The number of nitrogens with one attached hydrogen (secondary N) is 1. The molecule has 3 nitrogen and oxygen atoms in total. The minimum Gasteiger partial charge on any atom is -0.469 e. The third-order valence-corrected chi connectivity index (χ3v) is 3.51. The van der Waals surface area contributed by atoms with E-state index in [2.05, 4.69) is 56.4 Å². The molecule has 0 aliphatic rings. The quantitative estimate of drug-likeness (QED) is 0.858. The van der Waals surface area contributed by atoms with Gasteiger partial charge < -0.3 is 14.6 Å². The van der Waals surface area contributed by atoms with Crippen molar-refractivity contribution in [3.63, 3.8) is 0 Å². The SMILES string of the molecule is Cc1ccc(NC(C)CCc2ccco2)cc1N(C)C. The molecule has 1 heterocycles. The van der Waals surface area contributed by atoms with Crippen molar-refractivity contribution < 1.29 is 4.42 Å². The lowest BCUT2D eigenvalue weighted by molar-refractivity contribution is 0.495. The molecule has 0 spiro atoms. The van der Waals surface area contributed by atoms with Crippen LogP contribution in [0.3, 0.4) is 0 Å². The molecule has 1 aromatic heterocycles. The first-order valence-corrected chi connectivity index (χ1v) is 7.13. The van der Waals surface area contributed by atoms with Gasteiger partial charge in [0.2, 0.25) is 0 Å². The van der Waals surface area contributed by atoms with E-state index < -0.39 is 0 Å². The number of hydrogen-bond acceptors (Lipinski definition) is 3. The summed E-state index contributed by atoms with van der Waals surface area (Å²) in [6, 6.07) is 10.9. The van der Waals surface area contributed by atoms with E-state index in [0.29, 0.717) is 6.04 Å². The maximum Gasteiger partial charge on any atom is 0.103 e. The summed E-state index contributed by atoms with van der Waals surface area (Å²) in [6.45, 7) is 4.34. The zero-order valence-corrected chi connectivity index (χ0v) is 12.8. The Bertz CT molecular complexity index is 532. The van der Waals surface area contributed by atoms with Crippen molar-refractivity contribution in [1.29, 1.82) is 0 Å². The first kappa shape index (κ1) is 14.5. The van der Waals surface area contributed by atoms with Gasteiger partial charge in [0.15, 0.2) is 0 Å². The van der Waals surface area contributed by atoms with Gasteiger partial charge in [-0.05, 0) is 50.1 Å². The van der Waals surface area contributed by atoms with Crippen LogP contribution in [-0.4, -0.2) is 20.1 Å². The largest absolute Gasteiger partial charge is 0.469 e. The van der Waals surface area contributed by atoms with Crippen molar-refractivity contribution in [2.24, 2.45) is 0 Å². The molecule has 0 bridgehead atoms. The van der Waals surface area contributed by atoms with Crippen LogP contribution in [0.2, 0.25) is 0 Å². The molecule has 1 unspecified atom stereocenters. The Morgan fingerprint density at radius 2 is 2.05 bits per heavy atom. The molecule has 1 N–H and O–H groups in total. The van der Waals surface area contributed by atoms with Gasteiger partial charge in [-0.25, -0.2) is 0 Å². The highest BCUT2D eigenvalue weighted by Gasteiger charge is 2.07. The first-order chi connectivity index (χ1) is 9.56. The van der Waals surface area contributed by atoms with Crippen molar-refractivity contribution in [1.82, 2.24) is 0 Å². The lowest BCUT2D eigenvalue weighted by Crippen LogP contribution is -2.17. The van der Waals surface area contributed by atoms with E-state index >= 15 is 0 Å². The Kier molecular flexibility index (Phi) is 4.72. The van der Waals surface area contributed by atoms with E-state index in [1.807, 2.05) is 12.1 Å². The Balaban J connectivity index is 1.93. The molecule has 0 radical (unpaired) electrons. The maximum atomic E-state index is 5.37.